The van der Waals surface area contributed by atoms with Gasteiger partial charge in [0.05, 0.1) is 23.7 Å². The zero-order valence-corrected chi connectivity index (χ0v) is 18.2. The van der Waals surface area contributed by atoms with Gasteiger partial charge < -0.3 is 4.74 Å². The second-order valence-electron chi connectivity index (χ2n) is 7.84. The first-order valence-corrected chi connectivity index (χ1v) is 10.6. The van der Waals surface area contributed by atoms with Crippen molar-refractivity contribution in [3.05, 3.63) is 95.6 Å². The van der Waals surface area contributed by atoms with Crippen LogP contribution in [0.4, 0.5) is 18.9 Å². The molecule has 3 aromatic rings. The van der Waals surface area contributed by atoms with Gasteiger partial charge in [-0.1, -0.05) is 42.5 Å². The number of halogens is 3. The van der Waals surface area contributed by atoms with Gasteiger partial charge in [-0.15, -0.1) is 13.2 Å². The Balaban J connectivity index is 1.73. The quantitative estimate of drug-likeness (QED) is 0.457. The number of rotatable bonds is 5. The molecular weight excluding hydrogens is 443 g/mol. The van der Waals surface area contributed by atoms with E-state index in [1.54, 1.807) is 30.3 Å². The number of nitrogens with zero attached hydrogens (tertiary/aromatic N) is 3. The molecule has 0 unspecified atom stereocenters. The molecule has 1 amide bonds. The minimum Gasteiger partial charge on any atom is -0.406 e. The standard InChI is InChI=1S/C26H20F3N3O2/c1-17(19-6-3-2-4-7-19)31-23-15-24(20-8-5-9-22(14-20)34-26(27,28)29)32(25(23)33)21-12-10-18(16-30)11-13-21/h2-14,17,24H,15H2,1H3/t17-,24+/m1/s1. The van der Waals surface area contributed by atoms with Crippen molar-refractivity contribution in [1.29, 1.82) is 5.26 Å². The predicted octanol–water partition coefficient (Wildman–Crippen LogP) is 6.14. The number of nitriles is 1. The van der Waals surface area contributed by atoms with Crippen LogP contribution in [0.3, 0.4) is 0 Å². The molecule has 4 rings (SSSR count). The maximum atomic E-state index is 13.4. The zero-order chi connectivity index (χ0) is 24.3. The smallest absolute Gasteiger partial charge is 0.406 e. The number of aliphatic imine (C=N–C) groups is 1. The molecule has 0 aliphatic carbocycles. The average Bonchev–Trinajstić information content (AvgIpc) is 3.14. The number of benzene rings is 3. The monoisotopic (exact) mass is 463 g/mol. The van der Waals surface area contributed by atoms with E-state index in [9.17, 15) is 18.0 Å². The molecule has 1 aliphatic rings. The summed E-state index contributed by atoms with van der Waals surface area (Å²) < 4.78 is 42.4. The van der Waals surface area contributed by atoms with Gasteiger partial charge in [-0.25, -0.2) is 0 Å². The van der Waals surface area contributed by atoms with Gasteiger partial charge in [-0.3, -0.25) is 14.7 Å². The molecule has 34 heavy (non-hydrogen) atoms. The van der Waals surface area contributed by atoms with Gasteiger partial charge in [0.2, 0.25) is 0 Å². The number of hydrogen-bond acceptors (Lipinski definition) is 4. The lowest BCUT2D eigenvalue weighted by atomic mass is 10.0. The lowest BCUT2D eigenvalue weighted by molar-refractivity contribution is -0.274. The summed E-state index contributed by atoms with van der Waals surface area (Å²) in [5.74, 6) is -0.695. The number of ether oxygens (including phenoxy) is 1. The third-order valence-corrected chi connectivity index (χ3v) is 5.55. The van der Waals surface area contributed by atoms with Crippen molar-refractivity contribution >= 4 is 17.3 Å². The van der Waals surface area contributed by atoms with Crippen molar-refractivity contribution in [2.75, 3.05) is 4.90 Å². The van der Waals surface area contributed by atoms with E-state index in [1.807, 2.05) is 43.3 Å². The Bertz CT molecular complexity index is 1250. The van der Waals surface area contributed by atoms with Crippen molar-refractivity contribution in [2.45, 2.75) is 31.8 Å². The topological polar surface area (TPSA) is 65.7 Å². The number of carbonyl (C=O) groups excluding carboxylic acids is 1. The van der Waals surface area contributed by atoms with Crippen molar-refractivity contribution in [2.24, 2.45) is 4.99 Å². The normalized spacial score (nSPS) is 18.1. The highest BCUT2D eigenvalue weighted by Gasteiger charge is 2.39. The summed E-state index contributed by atoms with van der Waals surface area (Å²) in [6.07, 6.45) is -4.61. The Morgan fingerprint density at radius 2 is 1.76 bits per heavy atom. The van der Waals surface area contributed by atoms with Crippen LogP contribution in [-0.2, 0) is 4.79 Å². The van der Waals surface area contributed by atoms with Crippen LogP contribution in [0, 0.1) is 11.3 Å². The fourth-order valence-corrected chi connectivity index (χ4v) is 3.97. The molecule has 0 spiro atoms. The Morgan fingerprint density at radius 3 is 2.41 bits per heavy atom. The van der Waals surface area contributed by atoms with Crippen LogP contribution in [0.25, 0.3) is 0 Å². The van der Waals surface area contributed by atoms with E-state index in [0.29, 0.717) is 22.5 Å². The van der Waals surface area contributed by atoms with Crippen LogP contribution in [0.15, 0.2) is 83.9 Å². The Labute approximate surface area is 194 Å². The fourth-order valence-electron chi connectivity index (χ4n) is 3.97. The molecule has 172 valence electrons. The highest BCUT2D eigenvalue weighted by Crippen LogP contribution is 2.38. The van der Waals surface area contributed by atoms with Crippen molar-refractivity contribution in [3.63, 3.8) is 0 Å². The first-order chi connectivity index (χ1) is 16.2. The van der Waals surface area contributed by atoms with Gasteiger partial charge >= 0.3 is 6.36 Å². The molecule has 1 aliphatic heterocycles. The minimum absolute atomic E-state index is 0.214. The number of anilines is 1. The van der Waals surface area contributed by atoms with Gasteiger partial charge in [0, 0.05) is 12.1 Å². The van der Waals surface area contributed by atoms with E-state index in [4.69, 9.17) is 5.26 Å². The third-order valence-electron chi connectivity index (χ3n) is 5.55. The summed E-state index contributed by atoms with van der Waals surface area (Å²) in [4.78, 5) is 19.6. The second kappa shape index (κ2) is 9.40. The molecule has 0 bridgehead atoms. The largest absolute Gasteiger partial charge is 0.573 e. The van der Waals surface area contributed by atoms with Crippen LogP contribution in [0.5, 0.6) is 5.75 Å². The number of alkyl halides is 3. The highest BCUT2D eigenvalue weighted by molar-refractivity contribution is 6.46. The lowest BCUT2D eigenvalue weighted by Gasteiger charge is -2.25. The summed E-state index contributed by atoms with van der Waals surface area (Å²) >= 11 is 0. The van der Waals surface area contributed by atoms with Crippen LogP contribution in [0.2, 0.25) is 0 Å². The molecule has 0 N–H and O–H groups in total. The van der Waals surface area contributed by atoms with E-state index < -0.39 is 12.4 Å². The van der Waals surface area contributed by atoms with Crippen molar-refractivity contribution < 1.29 is 22.7 Å². The van der Waals surface area contributed by atoms with Crippen LogP contribution >= 0.6 is 0 Å². The number of hydrogen-bond donors (Lipinski definition) is 0. The minimum atomic E-state index is -4.82. The lowest BCUT2D eigenvalue weighted by Crippen LogP contribution is -2.29. The first-order valence-electron chi connectivity index (χ1n) is 10.6. The molecule has 0 radical (unpaired) electrons. The Kier molecular flexibility index (Phi) is 6.37. The van der Waals surface area contributed by atoms with Gasteiger partial charge in [-0.05, 0) is 54.4 Å². The molecule has 5 nitrogen and oxygen atoms in total. The maximum Gasteiger partial charge on any atom is 0.573 e. The molecule has 3 aromatic carbocycles. The molecule has 8 heteroatoms. The van der Waals surface area contributed by atoms with Crippen LogP contribution < -0.4 is 9.64 Å². The highest BCUT2D eigenvalue weighted by atomic mass is 19.4. The second-order valence-corrected chi connectivity index (χ2v) is 7.84. The van der Waals surface area contributed by atoms with Gasteiger partial charge in [0.25, 0.3) is 5.91 Å². The number of carbonyl (C=O) groups is 1. The molecular formula is C26H20F3N3O2. The Morgan fingerprint density at radius 1 is 1.06 bits per heavy atom. The molecule has 1 saturated heterocycles. The maximum absolute atomic E-state index is 13.4. The summed E-state index contributed by atoms with van der Waals surface area (Å²) in [6.45, 7) is 1.88. The molecule has 1 fully saturated rings. The van der Waals surface area contributed by atoms with E-state index in [2.05, 4.69) is 9.73 Å². The zero-order valence-electron chi connectivity index (χ0n) is 18.2. The molecule has 1 heterocycles. The van der Waals surface area contributed by atoms with Gasteiger partial charge in [0.15, 0.2) is 0 Å². The molecule has 2 atom stereocenters. The van der Waals surface area contributed by atoms with Gasteiger partial charge in [0.1, 0.15) is 11.5 Å². The Hall–Kier alpha value is -4.12. The predicted molar refractivity (Wildman–Crippen MR) is 121 cm³/mol. The fraction of sp³-hybridized carbons (Fsp3) is 0.192. The van der Waals surface area contributed by atoms with E-state index >= 15 is 0 Å². The van der Waals surface area contributed by atoms with E-state index in [1.165, 1.54) is 23.1 Å². The van der Waals surface area contributed by atoms with Gasteiger partial charge in [-0.2, -0.15) is 5.26 Å². The molecule has 0 aromatic heterocycles. The van der Waals surface area contributed by atoms with E-state index in [-0.39, 0.29) is 24.1 Å². The van der Waals surface area contributed by atoms with E-state index in [0.717, 1.165) is 5.56 Å². The van der Waals surface area contributed by atoms with Crippen molar-refractivity contribution in [3.8, 4) is 11.8 Å². The molecule has 0 saturated carbocycles. The number of amides is 1. The average molecular weight is 463 g/mol. The first kappa shape index (κ1) is 23.1. The summed E-state index contributed by atoms with van der Waals surface area (Å²) in [5, 5.41) is 9.09. The SMILES string of the molecule is C[C@@H](N=C1C[C@@H](c2cccc(OC(F)(F)F)c2)N(c2ccc(C#N)cc2)C1=O)c1ccccc1. The summed E-state index contributed by atoms with van der Waals surface area (Å²) in [6, 6.07) is 22.7. The summed E-state index contributed by atoms with van der Waals surface area (Å²) in [5.41, 5.74) is 2.70. The third kappa shape index (κ3) is 5.09. The van der Waals surface area contributed by atoms with Crippen LogP contribution in [-0.4, -0.2) is 18.0 Å². The van der Waals surface area contributed by atoms with Crippen LogP contribution in [0.1, 0.15) is 42.1 Å². The van der Waals surface area contributed by atoms with Crippen molar-refractivity contribution in [1.82, 2.24) is 0 Å². The summed E-state index contributed by atoms with van der Waals surface area (Å²) in [7, 11) is 0.